The standard InChI is InChI=1S/C18H29N3O2/c1-12(2)6-7-13(3)20-17(23)21-15-10-8-14(9-11-15)18(4,5)16(19)22/h8-13H,6-7H2,1-5H3,(H2,19,22)(H2,20,21,23)/t13-/m0/s1. The summed E-state index contributed by atoms with van der Waals surface area (Å²) in [6, 6.07) is 7.08. The Bertz CT molecular complexity index is 536. The minimum Gasteiger partial charge on any atom is -0.369 e. The third kappa shape index (κ3) is 5.93. The van der Waals surface area contributed by atoms with Crippen molar-refractivity contribution in [1.82, 2.24) is 5.32 Å². The molecule has 0 spiro atoms. The molecule has 0 aliphatic rings. The number of urea groups is 1. The molecule has 0 aliphatic carbocycles. The number of hydrogen-bond donors (Lipinski definition) is 3. The zero-order valence-electron chi connectivity index (χ0n) is 14.8. The molecule has 23 heavy (non-hydrogen) atoms. The molecule has 128 valence electrons. The van der Waals surface area contributed by atoms with Crippen LogP contribution in [0.3, 0.4) is 0 Å². The maximum absolute atomic E-state index is 12.0. The topological polar surface area (TPSA) is 84.2 Å². The van der Waals surface area contributed by atoms with E-state index >= 15 is 0 Å². The smallest absolute Gasteiger partial charge is 0.319 e. The maximum atomic E-state index is 12.0. The van der Waals surface area contributed by atoms with Gasteiger partial charge in [-0.2, -0.15) is 0 Å². The number of primary amides is 1. The van der Waals surface area contributed by atoms with Crippen molar-refractivity contribution in [1.29, 1.82) is 0 Å². The molecule has 1 rings (SSSR count). The van der Waals surface area contributed by atoms with Crippen molar-refractivity contribution < 1.29 is 9.59 Å². The molecule has 4 N–H and O–H groups in total. The summed E-state index contributed by atoms with van der Waals surface area (Å²) in [5.41, 5.74) is 6.18. The van der Waals surface area contributed by atoms with Crippen molar-refractivity contribution in [3.05, 3.63) is 29.8 Å². The highest BCUT2D eigenvalue weighted by atomic mass is 16.2. The molecule has 0 saturated carbocycles. The Hall–Kier alpha value is -2.04. The summed E-state index contributed by atoms with van der Waals surface area (Å²) in [7, 11) is 0. The van der Waals surface area contributed by atoms with Gasteiger partial charge in [-0.05, 0) is 57.2 Å². The number of amides is 3. The van der Waals surface area contributed by atoms with Crippen LogP contribution in [0.2, 0.25) is 0 Å². The number of rotatable bonds is 7. The third-order valence-electron chi connectivity index (χ3n) is 4.03. The van der Waals surface area contributed by atoms with E-state index in [9.17, 15) is 9.59 Å². The van der Waals surface area contributed by atoms with Gasteiger partial charge in [0.2, 0.25) is 5.91 Å². The second kappa shape index (κ2) is 7.99. The molecule has 0 aliphatic heterocycles. The van der Waals surface area contributed by atoms with Crippen LogP contribution in [0.5, 0.6) is 0 Å². The normalized spacial score (nSPS) is 12.8. The summed E-state index contributed by atoms with van der Waals surface area (Å²) < 4.78 is 0. The van der Waals surface area contributed by atoms with Crippen LogP contribution >= 0.6 is 0 Å². The molecule has 0 bridgehead atoms. The first-order chi connectivity index (χ1) is 10.6. The van der Waals surface area contributed by atoms with E-state index in [-0.39, 0.29) is 18.0 Å². The molecule has 0 aromatic heterocycles. The fourth-order valence-corrected chi connectivity index (χ4v) is 2.16. The van der Waals surface area contributed by atoms with Crippen molar-refractivity contribution in [2.75, 3.05) is 5.32 Å². The third-order valence-corrected chi connectivity index (χ3v) is 4.03. The highest BCUT2D eigenvalue weighted by Gasteiger charge is 2.27. The molecule has 0 saturated heterocycles. The second-order valence-electron chi connectivity index (χ2n) is 7.04. The lowest BCUT2D eigenvalue weighted by Crippen LogP contribution is -2.36. The summed E-state index contributed by atoms with van der Waals surface area (Å²) in [6.45, 7) is 9.89. The Labute approximate surface area is 139 Å². The predicted octanol–water partition coefficient (Wildman–Crippen LogP) is 3.40. The van der Waals surface area contributed by atoms with E-state index in [2.05, 4.69) is 24.5 Å². The molecule has 0 heterocycles. The van der Waals surface area contributed by atoms with Gasteiger partial charge in [0.25, 0.3) is 0 Å². The molecule has 1 aromatic rings. The quantitative estimate of drug-likeness (QED) is 0.719. The molecule has 3 amide bonds. The number of nitrogens with one attached hydrogen (secondary N) is 2. The van der Waals surface area contributed by atoms with Gasteiger partial charge in [-0.1, -0.05) is 26.0 Å². The Morgan fingerprint density at radius 3 is 2.13 bits per heavy atom. The number of hydrogen-bond acceptors (Lipinski definition) is 2. The summed E-state index contributed by atoms with van der Waals surface area (Å²) in [5.74, 6) is 0.249. The van der Waals surface area contributed by atoms with Gasteiger partial charge in [0, 0.05) is 11.7 Å². The van der Waals surface area contributed by atoms with Crippen molar-refractivity contribution >= 4 is 17.6 Å². The fourth-order valence-electron chi connectivity index (χ4n) is 2.16. The van der Waals surface area contributed by atoms with E-state index in [4.69, 9.17) is 5.73 Å². The predicted molar refractivity (Wildman–Crippen MR) is 94.4 cm³/mol. The molecule has 1 aromatic carbocycles. The van der Waals surface area contributed by atoms with Gasteiger partial charge in [0.05, 0.1) is 5.41 Å². The van der Waals surface area contributed by atoms with Crippen LogP contribution in [0.25, 0.3) is 0 Å². The SMILES string of the molecule is CC(C)CC[C@H](C)NC(=O)Nc1ccc(C(C)(C)C(N)=O)cc1. The number of anilines is 1. The molecule has 5 heteroatoms. The zero-order valence-corrected chi connectivity index (χ0v) is 14.8. The lowest BCUT2D eigenvalue weighted by molar-refractivity contribution is -0.122. The van der Waals surface area contributed by atoms with Crippen LogP contribution in [-0.2, 0) is 10.2 Å². The largest absolute Gasteiger partial charge is 0.369 e. The number of carbonyl (C=O) groups is 2. The van der Waals surface area contributed by atoms with Crippen molar-refractivity contribution in [3.8, 4) is 0 Å². The van der Waals surface area contributed by atoms with Crippen molar-refractivity contribution in [2.45, 2.75) is 58.9 Å². The van der Waals surface area contributed by atoms with Crippen LogP contribution in [-0.4, -0.2) is 18.0 Å². The van der Waals surface area contributed by atoms with Crippen molar-refractivity contribution in [3.63, 3.8) is 0 Å². The fraction of sp³-hybridized carbons (Fsp3) is 0.556. The summed E-state index contributed by atoms with van der Waals surface area (Å²) in [5, 5.41) is 5.72. The monoisotopic (exact) mass is 319 g/mol. The Balaban J connectivity index is 2.58. The van der Waals surface area contributed by atoms with E-state index in [0.717, 1.165) is 18.4 Å². The minimum absolute atomic E-state index is 0.130. The van der Waals surface area contributed by atoms with E-state index in [0.29, 0.717) is 11.6 Å². The first-order valence-electron chi connectivity index (χ1n) is 8.11. The lowest BCUT2D eigenvalue weighted by atomic mass is 9.84. The highest BCUT2D eigenvalue weighted by Crippen LogP contribution is 2.24. The zero-order chi connectivity index (χ0) is 17.6. The van der Waals surface area contributed by atoms with Crippen LogP contribution in [0.4, 0.5) is 10.5 Å². The molecule has 0 radical (unpaired) electrons. The molecule has 5 nitrogen and oxygen atoms in total. The summed E-state index contributed by atoms with van der Waals surface area (Å²) in [6.07, 6.45) is 2.04. The molecule has 0 fully saturated rings. The van der Waals surface area contributed by atoms with Crippen LogP contribution in [0, 0.1) is 5.92 Å². The summed E-state index contributed by atoms with van der Waals surface area (Å²) in [4.78, 5) is 23.4. The van der Waals surface area contributed by atoms with Crippen LogP contribution < -0.4 is 16.4 Å². The Kier molecular flexibility index (Phi) is 6.61. The first kappa shape index (κ1) is 19.0. The molecule has 0 unspecified atom stereocenters. The van der Waals surface area contributed by atoms with E-state index in [1.165, 1.54) is 0 Å². The first-order valence-corrected chi connectivity index (χ1v) is 8.11. The van der Waals surface area contributed by atoms with Gasteiger partial charge in [0.15, 0.2) is 0 Å². The van der Waals surface area contributed by atoms with E-state index in [1.807, 2.05) is 19.1 Å². The van der Waals surface area contributed by atoms with Gasteiger partial charge in [0.1, 0.15) is 0 Å². The van der Waals surface area contributed by atoms with Gasteiger partial charge in [-0.25, -0.2) is 4.79 Å². The average molecular weight is 319 g/mol. The molecular weight excluding hydrogens is 290 g/mol. The molecular formula is C18H29N3O2. The van der Waals surface area contributed by atoms with Gasteiger partial charge < -0.3 is 16.4 Å². The highest BCUT2D eigenvalue weighted by molar-refractivity contribution is 5.90. The maximum Gasteiger partial charge on any atom is 0.319 e. The lowest BCUT2D eigenvalue weighted by Gasteiger charge is -2.21. The number of benzene rings is 1. The minimum atomic E-state index is -0.730. The van der Waals surface area contributed by atoms with Crippen LogP contribution in [0.1, 0.15) is 53.0 Å². The average Bonchev–Trinajstić information content (AvgIpc) is 2.45. The van der Waals surface area contributed by atoms with Gasteiger partial charge in [-0.3, -0.25) is 4.79 Å². The van der Waals surface area contributed by atoms with Crippen LogP contribution in [0.15, 0.2) is 24.3 Å². The van der Waals surface area contributed by atoms with E-state index < -0.39 is 5.41 Å². The second-order valence-corrected chi connectivity index (χ2v) is 7.04. The Morgan fingerprint density at radius 2 is 1.65 bits per heavy atom. The van der Waals surface area contributed by atoms with E-state index in [1.54, 1.807) is 26.0 Å². The van der Waals surface area contributed by atoms with Crippen molar-refractivity contribution in [2.24, 2.45) is 11.7 Å². The molecule has 1 atom stereocenters. The van der Waals surface area contributed by atoms with Gasteiger partial charge >= 0.3 is 6.03 Å². The number of nitrogens with two attached hydrogens (primary N) is 1. The Morgan fingerprint density at radius 1 is 1.09 bits per heavy atom. The summed E-state index contributed by atoms with van der Waals surface area (Å²) >= 11 is 0. The number of carbonyl (C=O) groups excluding carboxylic acids is 2. The van der Waals surface area contributed by atoms with Gasteiger partial charge in [-0.15, -0.1) is 0 Å².